The predicted octanol–water partition coefficient (Wildman–Crippen LogP) is 0.973. The molecule has 140 valence electrons. The van der Waals surface area contributed by atoms with E-state index in [9.17, 15) is 17.8 Å². The first-order valence-corrected chi connectivity index (χ1v) is 8.40. The van der Waals surface area contributed by atoms with Crippen LogP contribution in [-0.4, -0.2) is 46.4 Å². The molecule has 1 amide bonds. The molecule has 0 aliphatic heterocycles. The molecule has 10 nitrogen and oxygen atoms in total. The topological polar surface area (TPSA) is 139 Å². The van der Waals surface area contributed by atoms with E-state index >= 15 is 0 Å². The van der Waals surface area contributed by atoms with Crippen molar-refractivity contribution in [1.29, 1.82) is 0 Å². The SMILES string of the molecule is COc1cc(C(=O)N/N=C\c2ccc(S(=O)(=O)[O-])o2)cc(OC)c1OC. The lowest BCUT2D eigenvalue weighted by Gasteiger charge is -2.13. The Morgan fingerprint density at radius 3 is 2.23 bits per heavy atom. The summed E-state index contributed by atoms with van der Waals surface area (Å²) in [5.41, 5.74) is 2.41. The molecule has 0 spiro atoms. The molecule has 0 fully saturated rings. The number of hydrazone groups is 1. The molecule has 1 aromatic heterocycles. The smallest absolute Gasteiger partial charge is 0.271 e. The number of carbonyl (C=O) groups excluding carboxylic acids is 1. The molecule has 0 bridgehead atoms. The molecular formula is C15H15N2O8S-. The second-order valence-electron chi connectivity index (χ2n) is 4.72. The maximum Gasteiger partial charge on any atom is 0.271 e. The number of furan rings is 1. The molecular weight excluding hydrogens is 368 g/mol. The van der Waals surface area contributed by atoms with Gasteiger partial charge in [-0.05, 0) is 24.3 Å². The zero-order valence-corrected chi connectivity index (χ0v) is 14.8. The number of methoxy groups -OCH3 is 3. The van der Waals surface area contributed by atoms with Crippen LogP contribution in [0.5, 0.6) is 17.2 Å². The van der Waals surface area contributed by atoms with E-state index in [-0.39, 0.29) is 22.8 Å². The van der Waals surface area contributed by atoms with Gasteiger partial charge in [-0.1, -0.05) is 0 Å². The van der Waals surface area contributed by atoms with Gasteiger partial charge in [-0.2, -0.15) is 5.10 Å². The van der Waals surface area contributed by atoms with Gasteiger partial charge in [-0.15, -0.1) is 0 Å². The molecule has 26 heavy (non-hydrogen) atoms. The van der Waals surface area contributed by atoms with Crippen molar-refractivity contribution in [2.75, 3.05) is 21.3 Å². The van der Waals surface area contributed by atoms with Gasteiger partial charge in [0, 0.05) is 5.56 Å². The van der Waals surface area contributed by atoms with Crippen molar-refractivity contribution < 1.29 is 36.4 Å². The fourth-order valence-electron chi connectivity index (χ4n) is 1.97. The number of hydrogen-bond donors (Lipinski definition) is 1. The first-order chi connectivity index (χ1) is 12.3. The lowest BCUT2D eigenvalue weighted by molar-refractivity contribution is 0.0954. The summed E-state index contributed by atoms with van der Waals surface area (Å²) in [5, 5.41) is 2.90. The second-order valence-corrected chi connectivity index (χ2v) is 6.03. The Morgan fingerprint density at radius 2 is 1.77 bits per heavy atom. The monoisotopic (exact) mass is 383 g/mol. The molecule has 1 N–H and O–H groups in total. The molecule has 0 aliphatic rings. The van der Waals surface area contributed by atoms with Crippen molar-refractivity contribution in [2.45, 2.75) is 5.09 Å². The number of carbonyl (C=O) groups is 1. The standard InChI is InChI=1S/C15H16N2O8S/c1-22-11-6-9(7-12(23-2)14(11)24-3)15(18)17-16-8-10-4-5-13(25-10)26(19,20)21/h4-8H,1-3H3,(H,17,18)(H,19,20,21)/p-1/b16-8-. The number of ether oxygens (including phenoxy) is 3. The maximum absolute atomic E-state index is 12.2. The number of rotatable bonds is 7. The highest BCUT2D eigenvalue weighted by Crippen LogP contribution is 2.38. The summed E-state index contributed by atoms with van der Waals surface area (Å²) in [7, 11) is -0.434. The third kappa shape index (κ3) is 4.32. The number of hydrogen-bond acceptors (Lipinski definition) is 9. The molecule has 0 unspecified atom stereocenters. The maximum atomic E-state index is 12.2. The van der Waals surface area contributed by atoms with Crippen molar-refractivity contribution in [3.63, 3.8) is 0 Å². The predicted molar refractivity (Wildman–Crippen MR) is 87.8 cm³/mol. The van der Waals surface area contributed by atoms with Crippen LogP contribution in [0, 0.1) is 0 Å². The fourth-order valence-corrected chi connectivity index (χ4v) is 2.40. The van der Waals surface area contributed by atoms with E-state index in [0.717, 1.165) is 12.3 Å². The molecule has 0 saturated heterocycles. The largest absolute Gasteiger partial charge is 0.742 e. The van der Waals surface area contributed by atoms with E-state index in [4.69, 9.17) is 18.6 Å². The van der Waals surface area contributed by atoms with Gasteiger partial charge in [0.2, 0.25) is 10.8 Å². The Morgan fingerprint density at radius 1 is 1.15 bits per heavy atom. The van der Waals surface area contributed by atoms with E-state index in [2.05, 4.69) is 10.5 Å². The number of nitrogens with zero attached hydrogens (tertiary/aromatic N) is 1. The number of benzene rings is 1. The molecule has 2 aromatic rings. The van der Waals surface area contributed by atoms with Crippen LogP contribution in [0.4, 0.5) is 0 Å². The van der Waals surface area contributed by atoms with Gasteiger partial charge in [0.1, 0.15) is 5.76 Å². The average Bonchev–Trinajstić information content (AvgIpc) is 3.09. The van der Waals surface area contributed by atoms with Crippen molar-refractivity contribution in [3.8, 4) is 17.2 Å². The van der Waals surface area contributed by atoms with Crippen LogP contribution in [0.25, 0.3) is 0 Å². The molecule has 0 aliphatic carbocycles. The normalized spacial score (nSPS) is 11.4. The summed E-state index contributed by atoms with van der Waals surface area (Å²) in [5.74, 6) is 0.292. The van der Waals surface area contributed by atoms with Crippen LogP contribution < -0.4 is 19.6 Å². The van der Waals surface area contributed by atoms with Crippen LogP contribution in [0.15, 0.2) is 38.9 Å². The molecule has 2 rings (SSSR count). The van der Waals surface area contributed by atoms with Crippen LogP contribution >= 0.6 is 0 Å². The molecule has 1 heterocycles. The quantitative estimate of drug-likeness (QED) is 0.424. The summed E-state index contributed by atoms with van der Waals surface area (Å²) in [4.78, 5) is 12.2. The molecule has 0 saturated carbocycles. The summed E-state index contributed by atoms with van der Waals surface area (Å²) in [6, 6.07) is 5.08. The highest BCUT2D eigenvalue weighted by atomic mass is 32.2. The summed E-state index contributed by atoms with van der Waals surface area (Å²) >= 11 is 0. The van der Waals surface area contributed by atoms with Crippen molar-refractivity contribution in [1.82, 2.24) is 5.43 Å². The van der Waals surface area contributed by atoms with Gasteiger partial charge in [-0.3, -0.25) is 4.79 Å². The molecule has 11 heteroatoms. The van der Waals surface area contributed by atoms with Crippen LogP contribution in [0.2, 0.25) is 0 Å². The summed E-state index contributed by atoms with van der Waals surface area (Å²) in [6.45, 7) is 0. The van der Waals surface area contributed by atoms with Crippen LogP contribution in [0.3, 0.4) is 0 Å². The second kappa shape index (κ2) is 7.89. The van der Waals surface area contributed by atoms with Gasteiger partial charge in [0.05, 0.1) is 27.5 Å². The zero-order chi connectivity index (χ0) is 19.3. The van der Waals surface area contributed by atoms with Gasteiger partial charge in [0.25, 0.3) is 5.91 Å². The van der Waals surface area contributed by atoms with Crippen molar-refractivity contribution >= 4 is 22.2 Å². The first-order valence-electron chi connectivity index (χ1n) is 6.99. The van der Waals surface area contributed by atoms with E-state index in [1.165, 1.54) is 39.5 Å². The average molecular weight is 383 g/mol. The third-order valence-corrected chi connectivity index (χ3v) is 3.85. The summed E-state index contributed by atoms with van der Waals surface area (Å²) < 4.78 is 52.6. The fraction of sp³-hybridized carbons (Fsp3) is 0.200. The molecule has 1 aromatic carbocycles. The lowest BCUT2D eigenvalue weighted by atomic mass is 10.1. The van der Waals surface area contributed by atoms with E-state index in [0.29, 0.717) is 5.75 Å². The highest BCUT2D eigenvalue weighted by Gasteiger charge is 2.16. The van der Waals surface area contributed by atoms with E-state index < -0.39 is 21.1 Å². The molecule has 0 atom stereocenters. The number of amides is 1. The zero-order valence-electron chi connectivity index (χ0n) is 14.0. The highest BCUT2D eigenvalue weighted by molar-refractivity contribution is 7.85. The molecule has 0 radical (unpaired) electrons. The minimum absolute atomic E-state index is 0.0235. The van der Waals surface area contributed by atoms with Gasteiger partial charge < -0.3 is 23.2 Å². The van der Waals surface area contributed by atoms with Crippen LogP contribution in [0.1, 0.15) is 16.1 Å². The van der Waals surface area contributed by atoms with E-state index in [1.807, 2.05) is 0 Å². The Bertz CT molecular complexity index is 908. The Hall–Kier alpha value is -3.05. The minimum Gasteiger partial charge on any atom is -0.742 e. The van der Waals surface area contributed by atoms with Gasteiger partial charge >= 0.3 is 0 Å². The number of nitrogens with one attached hydrogen (secondary N) is 1. The van der Waals surface area contributed by atoms with Crippen molar-refractivity contribution in [2.24, 2.45) is 5.10 Å². The van der Waals surface area contributed by atoms with Crippen molar-refractivity contribution in [3.05, 3.63) is 35.6 Å². The Labute approximate surface area is 149 Å². The minimum atomic E-state index is -4.69. The van der Waals surface area contributed by atoms with Crippen LogP contribution in [-0.2, 0) is 10.1 Å². The first kappa shape index (κ1) is 19.3. The Balaban J connectivity index is 2.16. The lowest BCUT2D eigenvalue weighted by Crippen LogP contribution is -2.18. The van der Waals surface area contributed by atoms with E-state index in [1.54, 1.807) is 0 Å². The van der Waals surface area contributed by atoms with Gasteiger partial charge in [0.15, 0.2) is 21.6 Å². The summed E-state index contributed by atoms with van der Waals surface area (Å²) in [6.07, 6.45) is 1.05. The Kier molecular flexibility index (Phi) is 5.85. The third-order valence-electron chi connectivity index (χ3n) is 3.13. The van der Waals surface area contributed by atoms with Gasteiger partial charge in [-0.25, -0.2) is 13.8 Å².